The zero-order valence-corrected chi connectivity index (χ0v) is 28.9. The molecule has 5 aliphatic heterocycles. The predicted octanol–water partition coefficient (Wildman–Crippen LogP) is 7.33. The van der Waals surface area contributed by atoms with Crippen LogP contribution in [-0.2, 0) is 9.53 Å². The van der Waals surface area contributed by atoms with Gasteiger partial charge in [0, 0.05) is 29.4 Å². The number of carbonyl (C=O) groups excluding carboxylic acids is 2. The number of unbranched alkanes of at least 4 members (excludes halogenated alkanes) is 1. The molecule has 9 rings (SSSR count). The number of nitrogens with zero attached hydrogens (tertiary/aromatic N) is 1. The minimum absolute atomic E-state index is 0.0360. The van der Waals surface area contributed by atoms with Crippen molar-refractivity contribution in [2.75, 3.05) is 18.9 Å². The molecule has 11 atom stereocenters. The summed E-state index contributed by atoms with van der Waals surface area (Å²) >= 11 is 1.94. The van der Waals surface area contributed by atoms with Gasteiger partial charge in [0.1, 0.15) is 6.61 Å². The number of rotatable bonds is 11. The van der Waals surface area contributed by atoms with E-state index >= 15 is 0 Å². The summed E-state index contributed by atoms with van der Waals surface area (Å²) in [5.41, 5.74) is 1.81. The van der Waals surface area contributed by atoms with Gasteiger partial charge < -0.3 is 20.6 Å². The Labute approximate surface area is 275 Å². The molecule has 0 aromatic carbocycles. The minimum atomic E-state index is -0.0472. The number of nitrogens with one attached hydrogen (secondary N) is 2. The van der Waals surface area contributed by atoms with Crippen LogP contribution in [0.5, 0.6) is 0 Å². The van der Waals surface area contributed by atoms with Crippen LogP contribution in [0.2, 0.25) is 0 Å². The molecule has 3 saturated heterocycles. The highest BCUT2D eigenvalue weighted by Crippen LogP contribution is 2.68. The molecule has 2 unspecified atom stereocenters. The van der Waals surface area contributed by atoms with Crippen LogP contribution in [0.25, 0.3) is 0 Å². The molecule has 0 aromatic heterocycles. The van der Waals surface area contributed by atoms with Crippen molar-refractivity contribution < 1.29 is 19.5 Å². The lowest BCUT2D eigenvalue weighted by Gasteiger charge is -2.60. The summed E-state index contributed by atoms with van der Waals surface area (Å²) in [4.78, 5) is 24.9. The van der Waals surface area contributed by atoms with E-state index in [1.165, 1.54) is 56.9 Å². The molecule has 7 nitrogen and oxygen atoms in total. The zero-order valence-electron chi connectivity index (χ0n) is 28.1. The van der Waals surface area contributed by atoms with Gasteiger partial charge in [-0.25, -0.2) is 4.79 Å². The number of amides is 2. The number of hydrogen-bond donors (Lipinski definition) is 3. The summed E-state index contributed by atoms with van der Waals surface area (Å²) in [6, 6.07) is 0.533. The Morgan fingerprint density at radius 1 is 1.07 bits per heavy atom. The normalized spacial score (nSPS) is 43.5. The van der Waals surface area contributed by atoms with Crippen molar-refractivity contribution in [3.05, 3.63) is 11.6 Å². The number of hydroxylamine groups is 2. The molecule has 4 aliphatic carbocycles. The molecule has 0 aromatic rings. The van der Waals surface area contributed by atoms with E-state index in [2.05, 4.69) is 37.5 Å². The summed E-state index contributed by atoms with van der Waals surface area (Å²) in [5, 5.41) is 19.9. The summed E-state index contributed by atoms with van der Waals surface area (Å²) in [7, 11) is 0. The number of esters is 1. The third kappa shape index (κ3) is 6.00. The minimum Gasteiger partial charge on any atom is -0.465 e. The first kappa shape index (κ1) is 32.3. The Balaban J connectivity index is 1.03. The number of fused-ring (bicyclic) bond motifs is 4. The van der Waals surface area contributed by atoms with Crippen molar-refractivity contribution in [3.63, 3.8) is 0 Å². The zero-order chi connectivity index (χ0) is 31.3. The van der Waals surface area contributed by atoms with Crippen molar-refractivity contribution in [3.8, 4) is 0 Å². The highest BCUT2D eigenvalue weighted by molar-refractivity contribution is 8.00. The van der Waals surface area contributed by atoms with Gasteiger partial charge in [0.15, 0.2) is 0 Å². The Hall–Kier alpha value is -1.25. The van der Waals surface area contributed by atoms with Gasteiger partial charge >= 0.3 is 12.0 Å². The van der Waals surface area contributed by atoms with Crippen LogP contribution in [0.4, 0.5) is 4.79 Å². The van der Waals surface area contributed by atoms with Gasteiger partial charge in [0.05, 0.1) is 18.1 Å². The number of carbonyl (C=O) groups is 2. The summed E-state index contributed by atoms with van der Waals surface area (Å²) in [6.45, 7) is 8.64. The second kappa shape index (κ2) is 13.0. The Bertz CT molecular complexity index is 1150. The average Bonchev–Trinajstić information content (AvgIpc) is 3.68. The monoisotopic (exact) mass is 641 g/mol. The fraction of sp³-hybridized carbons (Fsp3) is 0.892. The summed E-state index contributed by atoms with van der Waals surface area (Å²) < 4.78 is 6.27. The first-order chi connectivity index (χ1) is 21.7. The van der Waals surface area contributed by atoms with Crippen molar-refractivity contribution in [1.29, 1.82) is 0 Å². The molecule has 3 N–H and O–H groups in total. The summed E-state index contributed by atoms with van der Waals surface area (Å²) in [6.07, 6.45) is 19.1. The lowest BCUT2D eigenvalue weighted by molar-refractivity contribution is -0.165. The van der Waals surface area contributed by atoms with E-state index < -0.39 is 0 Å². The first-order valence-corrected chi connectivity index (χ1v) is 19.7. The lowest BCUT2D eigenvalue weighted by Crippen LogP contribution is -2.56. The van der Waals surface area contributed by atoms with Gasteiger partial charge in [-0.05, 0) is 112 Å². The molecule has 5 heterocycles. The maximum Gasteiger partial charge on any atom is 0.315 e. The maximum absolute atomic E-state index is 13.2. The van der Waals surface area contributed by atoms with Crippen LogP contribution in [-0.4, -0.2) is 64.6 Å². The van der Waals surface area contributed by atoms with Crippen LogP contribution < -0.4 is 10.6 Å². The molecule has 0 radical (unpaired) electrons. The molecule has 252 valence electrons. The number of hydrogen-bond acceptors (Lipinski definition) is 6. The Kier molecular flexibility index (Phi) is 9.32. The van der Waals surface area contributed by atoms with E-state index in [-0.39, 0.29) is 35.5 Å². The van der Waals surface area contributed by atoms with Crippen molar-refractivity contribution in [2.24, 2.45) is 46.3 Å². The van der Waals surface area contributed by atoms with Crippen LogP contribution >= 0.6 is 11.8 Å². The third-order valence-electron chi connectivity index (χ3n) is 14.2. The maximum atomic E-state index is 13.2. The predicted molar refractivity (Wildman–Crippen MR) is 179 cm³/mol. The van der Waals surface area contributed by atoms with E-state index in [0.29, 0.717) is 41.4 Å². The largest absolute Gasteiger partial charge is 0.465 e. The van der Waals surface area contributed by atoms with E-state index in [1.807, 2.05) is 11.8 Å². The molecule has 0 spiro atoms. The van der Waals surface area contributed by atoms with Gasteiger partial charge in [0.2, 0.25) is 0 Å². The molecule has 8 bridgehead atoms. The standard InChI is InChI=1S/C37H59N3O4S/c1-23(2)7-6-8-24-20-40(43)26-15-18-37(22-44-33(41)10-5-4-9-32-34-31(21-45-32)38-35(42)39-34)25(19-26)11-12-27-29-14-13-28(24)36(29,3)17-16-30(27)37/h19,23-24,26-32,34,43H,4-18,20-22H2,1-3H3,(H2,38,39,42)/t24-,26?,27+,28+,29-,30?,31-,32-,34-,36+,37+/m0/s1. The topological polar surface area (TPSA) is 90.9 Å². The van der Waals surface area contributed by atoms with Crippen LogP contribution in [0, 0.1) is 46.3 Å². The molecule has 45 heavy (non-hydrogen) atoms. The smallest absolute Gasteiger partial charge is 0.315 e. The number of thioether (sulfide) groups is 1. The van der Waals surface area contributed by atoms with Crippen LogP contribution in [0.1, 0.15) is 117 Å². The lowest BCUT2D eigenvalue weighted by atomic mass is 9.45. The SMILES string of the molecule is CC(C)CCC[C@H]1CN(O)C2C=C3CC[C@H]4C(CC[C@]5(C)[C@@H]1CC[C@@H]45)[C@@]3(COC(=O)CCCC[C@@H]1SC[C@@H]3NC(=O)N[C@@H]31)CC2. The fourth-order valence-electron chi connectivity index (χ4n) is 11.9. The van der Waals surface area contributed by atoms with Gasteiger partial charge in [-0.15, -0.1) is 0 Å². The van der Waals surface area contributed by atoms with Crippen molar-refractivity contribution >= 4 is 23.8 Å². The van der Waals surface area contributed by atoms with E-state index in [9.17, 15) is 14.8 Å². The molecule has 8 heteroatoms. The number of ether oxygens (including phenoxy) is 1. The Morgan fingerprint density at radius 2 is 1.91 bits per heavy atom. The highest BCUT2D eigenvalue weighted by Gasteiger charge is 2.62. The molecule has 6 fully saturated rings. The first-order valence-electron chi connectivity index (χ1n) is 18.7. The third-order valence-corrected chi connectivity index (χ3v) is 15.7. The van der Waals surface area contributed by atoms with Crippen molar-refractivity contribution in [1.82, 2.24) is 15.7 Å². The van der Waals surface area contributed by atoms with Gasteiger partial charge in [-0.2, -0.15) is 16.8 Å². The van der Waals surface area contributed by atoms with Gasteiger partial charge in [-0.3, -0.25) is 4.79 Å². The molecule has 9 aliphatic rings. The van der Waals surface area contributed by atoms with Crippen molar-refractivity contribution in [2.45, 2.75) is 140 Å². The second-order valence-electron chi connectivity index (χ2n) is 16.8. The molecule has 2 amide bonds. The van der Waals surface area contributed by atoms with Gasteiger partial charge in [-0.1, -0.05) is 51.7 Å². The Morgan fingerprint density at radius 3 is 2.76 bits per heavy atom. The highest BCUT2D eigenvalue weighted by atomic mass is 32.2. The quantitative estimate of drug-likeness (QED) is 0.0948. The second-order valence-corrected chi connectivity index (χ2v) is 18.1. The number of urea groups is 1. The average molecular weight is 642 g/mol. The molecular weight excluding hydrogens is 582 g/mol. The molecule has 3 saturated carbocycles. The van der Waals surface area contributed by atoms with E-state index in [1.54, 1.807) is 5.06 Å². The molecular formula is C37H59N3O4S. The van der Waals surface area contributed by atoms with E-state index in [4.69, 9.17) is 4.74 Å². The van der Waals surface area contributed by atoms with E-state index in [0.717, 1.165) is 68.6 Å². The van der Waals surface area contributed by atoms with Crippen LogP contribution in [0.15, 0.2) is 11.6 Å². The fourth-order valence-corrected chi connectivity index (χ4v) is 13.5. The van der Waals surface area contributed by atoms with Gasteiger partial charge in [0.25, 0.3) is 0 Å². The summed E-state index contributed by atoms with van der Waals surface area (Å²) in [5.74, 6) is 5.05. The van der Waals surface area contributed by atoms with Crippen LogP contribution in [0.3, 0.4) is 0 Å².